The molecule has 0 aliphatic heterocycles. The fourth-order valence-electron chi connectivity index (χ4n) is 3.10. The molecule has 0 amide bonds. The van der Waals surface area contributed by atoms with Gasteiger partial charge in [-0.2, -0.15) is 4.98 Å². The second-order valence-corrected chi connectivity index (χ2v) is 5.90. The normalized spacial score (nSPS) is 18.5. The highest BCUT2D eigenvalue weighted by atomic mass is 16.5. The lowest BCUT2D eigenvalue weighted by molar-refractivity contribution is 0.367. The molecule has 5 nitrogen and oxygen atoms in total. The lowest BCUT2D eigenvalue weighted by Crippen LogP contribution is -2.21. The van der Waals surface area contributed by atoms with Gasteiger partial charge in [0.15, 0.2) is 5.82 Å². The Bertz CT molecular complexity index is 587. The summed E-state index contributed by atoms with van der Waals surface area (Å²) in [5, 5.41) is 7.54. The summed E-state index contributed by atoms with van der Waals surface area (Å²) in [5.74, 6) is 1.37. The molecular formula is C16H24N4O. The van der Waals surface area contributed by atoms with Crippen molar-refractivity contribution < 1.29 is 4.52 Å². The predicted octanol–water partition coefficient (Wildman–Crippen LogP) is 2.99. The lowest BCUT2D eigenvalue weighted by Gasteiger charge is -2.16. The Morgan fingerprint density at radius 2 is 2.29 bits per heavy atom. The smallest absolute Gasteiger partial charge is 0.246 e. The quantitative estimate of drug-likeness (QED) is 0.859. The Morgan fingerprint density at radius 1 is 1.38 bits per heavy atom. The molecule has 5 heteroatoms. The highest BCUT2D eigenvalue weighted by Gasteiger charge is 2.20. The van der Waals surface area contributed by atoms with E-state index in [1.54, 1.807) is 0 Å². The van der Waals surface area contributed by atoms with Crippen LogP contribution in [0.1, 0.15) is 61.5 Å². The molecule has 0 radical (unpaired) electrons. The van der Waals surface area contributed by atoms with E-state index in [0.29, 0.717) is 24.3 Å². The van der Waals surface area contributed by atoms with Crippen LogP contribution >= 0.6 is 0 Å². The van der Waals surface area contributed by atoms with Gasteiger partial charge in [0, 0.05) is 18.4 Å². The van der Waals surface area contributed by atoms with Crippen LogP contribution in [0.25, 0.3) is 0 Å². The molecule has 114 valence electrons. The number of fused-ring (bicyclic) bond motifs is 1. The molecule has 21 heavy (non-hydrogen) atoms. The van der Waals surface area contributed by atoms with E-state index in [9.17, 15) is 0 Å². The number of nitrogens with zero attached hydrogens (tertiary/aromatic N) is 3. The molecule has 1 aliphatic carbocycles. The Hall–Kier alpha value is -1.62. The summed E-state index contributed by atoms with van der Waals surface area (Å²) >= 11 is 0. The third kappa shape index (κ3) is 3.35. The topological polar surface area (TPSA) is 55.9 Å². The van der Waals surface area contributed by atoms with Crippen molar-refractivity contribution in [3.8, 4) is 0 Å². The van der Waals surface area contributed by atoms with Crippen molar-refractivity contribution >= 4 is 0 Å². The molecule has 0 saturated carbocycles. The summed E-state index contributed by atoms with van der Waals surface area (Å²) in [4.78, 5) is 4.29. The number of rotatable bonds is 5. The number of hydrogen-bond donors (Lipinski definition) is 1. The Balaban J connectivity index is 1.79. The molecule has 1 unspecified atom stereocenters. The van der Waals surface area contributed by atoms with E-state index in [4.69, 9.17) is 4.52 Å². The van der Waals surface area contributed by atoms with Gasteiger partial charge in [-0.15, -0.1) is 0 Å². The van der Waals surface area contributed by atoms with E-state index < -0.39 is 0 Å². The molecule has 0 aromatic carbocycles. The third-order valence-corrected chi connectivity index (χ3v) is 4.09. The Labute approximate surface area is 125 Å². The zero-order chi connectivity index (χ0) is 14.7. The van der Waals surface area contributed by atoms with Crippen molar-refractivity contribution in [2.75, 3.05) is 6.54 Å². The van der Waals surface area contributed by atoms with Gasteiger partial charge in [0.05, 0.1) is 0 Å². The predicted molar refractivity (Wildman–Crippen MR) is 81.2 cm³/mol. The van der Waals surface area contributed by atoms with Crippen molar-refractivity contribution in [3.05, 3.63) is 35.2 Å². The van der Waals surface area contributed by atoms with Crippen LogP contribution in [-0.2, 0) is 13.0 Å². The zero-order valence-corrected chi connectivity index (χ0v) is 12.9. The monoisotopic (exact) mass is 288 g/mol. The van der Waals surface area contributed by atoms with Crippen LogP contribution in [0, 0.1) is 6.92 Å². The molecule has 3 rings (SSSR count). The Morgan fingerprint density at radius 3 is 3.05 bits per heavy atom. The molecule has 2 heterocycles. The van der Waals surface area contributed by atoms with Crippen molar-refractivity contribution in [1.29, 1.82) is 0 Å². The average molecular weight is 288 g/mol. The van der Waals surface area contributed by atoms with Gasteiger partial charge in [-0.1, -0.05) is 18.5 Å². The minimum atomic E-state index is 0.494. The van der Waals surface area contributed by atoms with Gasteiger partial charge in [-0.05, 0) is 50.3 Å². The second-order valence-electron chi connectivity index (χ2n) is 5.90. The van der Waals surface area contributed by atoms with Crippen LogP contribution in [0.2, 0.25) is 0 Å². The second kappa shape index (κ2) is 6.43. The third-order valence-electron chi connectivity index (χ3n) is 4.09. The molecule has 0 fully saturated rings. The first kappa shape index (κ1) is 14.3. The van der Waals surface area contributed by atoms with Crippen molar-refractivity contribution in [2.45, 2.75) is 58.5 Å². The molecule has 1 atom stereocenters. The van der Waals surface area contributed by atoms with Crippen LogP contribution in [0.4, 0.5) is 0 Å². The van der Waals surface area contributed by atoms with E-state index in [0.717, 1.165) is 6.54 Å². The minimum Gasteiger partial charge on any atom is -0.344 e. The maximum absolute atomic E-state index is 5.22. The number of aromatic nitrogens is 3. The largest absolute Gasteiger partial charge is 0.344 e. The van der Waals surface area contributed by atoms with Gasteiger partial charge in [-0.25, -0.2) is 0 Å². The summed E-state index contributed by atoms with van der Waals surface area (Å²) in [7, 11) is 0. The SMILES string of the molecule is CCCNC1CCCCc2cn(Cc3nc(C)no3)cc21. The summed E-state index contributed by atoms with van der Waals surface area (Å²) in [6.45, 7) is 5.81. The van der Waals surface area contributed by atoms with Gasteiger partial charge in [0.25, 0.3) is 0 Å². The highest BCUT2D eigenvalue weighted by molar-refractivity contribution is 5.29. The molecule has 0 spiro atoms. The van der Waals surface area contributed by atoms with Gasteiger partial charge in [0.1, 0.15) is 6.54 Å². The van der Waals surface area contributed by atoms with E-state index in [2.05, 4.69) is 39.3 Å². The first-order chi connectivity index (χ1) is 10.3. The van der Waals surface area contributed by atoms with E-state index in [1.807, 2.05) is 6.92 Å². The highest BCUT2D eigenvalue weighted by Crippen LogP contribution is 2.29. The lowest BCUT2D eigenvalue weighted by atomic mass is 10.0. The van der Waals surface area contributed by atoms with Crippen LogP contribution in [-0.4, -0.2) is 21.3 Å². The standard InChI is InChI=1S/C16H24N4O/c1-3-8-17-15-7-5-4-6-13-9-20(10-14(13)15)11-16-18-12(2)19-21-16/h9-10,15,17H,3-8,11H2,1-2H3. The molecule has 2 aromatic rings. The molecule has 2 aromatic heterocycles. The van der Waals surface area contributed by atoms with E-state index in [-0.39, 0.29) is 0 Å². The summed E-state index contributed by atoms with van der Waals surface area (Å²) in [6, 6.07) is 0.494. The first-order valence-electron chi connectivity index (χ1n) is 7.97. The molecule has 0 bridgehead atoms. The molecule has 1 N–H and O–H groups in total. The molecule has 1 aliphatic rings. The van der Waals surface area contributed by atoms with Gasteiger partial charge in [-0.3, -0.25) is 0 Å². The average Bonchev–Trinajstić information content (AvgIpc) is 3.00. The molecular weight excluding hydrogens is 264 g/mol. The van der Waals surface area contributed by atoms with Crippen LogP contribution in [0.15, 0.2) is 16.9 Å². The maximum atomic E-state index is 5.22. The van der Waals surface area contributed by atoms with Crippen molar-refractivity contribution in [2.24, 2.45) is 0 Å². The summed E-state index contributed by atoms with van der Waals surface area (Å²) < 4.78 is 7.40. The van der Waals surface area contributed by atoms with Crippen LogP contribution in [0.3, 0.4) is 0 Å². The maximum Gasteiger partial charge on any atom is 0.246 e. The van der Waals surface area contributed by atoms with E-state index in [1.165, 1.54) is 43.2 Å². The number of hydrogen-bond acceptors (Lipinski definition) is 4. The fraction of sp³-hybridized carbons (Fsp3) is 0.625. The van der Waals surface area contributed by atoms with Gasteiger partial charge >= 0.3 is 0 Å². The zero-order valence-electron chi connectivity index (χ0n) is 12.9. The van der Waals surface area contributed by atoms with Crippen molar-refractivity contribution in [1.82, 2.24) is 20.0 Å². The first-order valence-corrected chi connectivity index (χ1v) is 7.97. The Kier molecular flexibility index (Phi) is 4.39. The van der Waals surface area contributed by atoms with Crippen LogP contribution < -0.4 is 5.32 Å². The van der Waals surface area contributed by atoms with Gasteiger partial charge in [0.2, 0.25) is 5.89 Å². The fourth-order valence-corrected chi connectivity index (χ4v) is 3.10. The van der Waals surface area contributed by atoms with E-state index >= 15 is 0 Å². The number of aryl methyl sites for hydroxylation is 2. The molecule has 0 saturated heterocycles. The number of nitrogens with one attached hydrogen (secondary N) is 1. The minimum absolute atomic E-state index is 0.494. The summed E-state index contributed by atoms with van der Waals surface area (Å²) in [6.07, 6.45) is 10.7. The summed E-state index contributed by atoms with van der Waals surface area (Å²) in [5.41, 5.74) is 2.93. The van der Waals surface area contributed by atoms with Crippen LogP contribution in [0.5, 0.6) is 0 Å². The van der Waals surface area contributed by atoms with Gasteiger partial charge < -0.3 is 14.4 Å². The van der Waals surface area contributed by atoms with Crippen molar-refractivity contribution in [3.63, 3.8) is 0 Å².